The van der Waals surface area contributed by atoms with Crippen molar-refractivity contribution in [3.8, 4) is 11.3 Å². The predicted octanol–water partition coefficient (Wildman–Crippen LogP) is 2.98. The van der Waals surface area contributed by atoms with Crippen LogP contribution < -0.4 is 10.9 Å². The van der Waals surface area contributed by atoms with Crippen molar-refractivity contribution < 1.29 is 4.79 Å². The average Bonchev–Trinajstić information content (AvgIpc) is 3.45. The van der Waals surface area contributed by atoms with E-state index < -0.39 is 0 Å². The molecular formula is C20H19N3O2. The molecule has 1 heterocycles. The van der Waals surface area contributed by atoms with Gasteiger partial charge in [-0.05, 0) is 44.0 Å². The monoisotopic (exact) mass is 333 g/mol. The fourth-order valence-corrected chi connectivity index (χ4v) is 2.97. The summed E-state index contributed by atoms with van der Waals surface area (Å²) >= 11 is 0. The van der Waals surface area contributed by atoms with Crippen LogP contribution in [0.15, 0.2) is 53.3 Å². The van der Waals surface area contributed by atoms with E-state index in [-0.39, 0.29) is 11.5 Å². The Bertz CT molecular complexity index is 1000. The van der Waals surface area contributed by atoms with E-state index in [0.29, 0.717) is 23.8 Å². The Kier molecular flexibility index (Phi) is 3.84. The van der Waals surface area contributed by atoms with E-state index in [1.165, 1.54) is 0 Å². The second-order valence-electron chi connectivity index (χ2n) is 6.32. The zero-order valence-electron chi connectivity index (χ0n) is 14.0. The van der Waals surface area contributed by atoms with E-state index in [9.17, 15) is 9.59 Å². The molecule has 2 aromatic carbocycles. The van der Waals surface area contributed by atoms with Crippen LogP contribution in [0.25, 0.3) is 22.3 Å². The van der Waals surface area contributed by atoms with Crippen molar-refractivity contribution in [3.63, 3.8) is 0 Å². The van der Waals surface area contributed by atoms with Gasteiger partial charge in [0.15, 0.2) is 0 Å². The molecular weight excluding hydrogens is 314 g/mol. The topological polar surface area (TPSA) is 64.0 Å². The van der Waals surface area contributed by atoms with Gasteiger partial charge in [0.25, 0.3) is 11.5 Å². The summed E-state index contributed by atoms with van der Waals surface area (Å²) in [5, 5.41) is 2.96. The molecule has 3 aromatic rings. The molecule has 0 saturated heterocycles. The molecule has 1 amide bonds. The van der Waals surface area contributed by atoms with Crippen LogP contribution in [0.4, 0.5) is 0 Å². The number of benzene rings is 2. The highest BCUT2D eigenvalue weighted by atomic mass is 16.1. The molecule has 4 rings (SSSR count). The van der Waals surface area contributed by atoms with Crippen molar-refractivity contribution in [2.75, 3.05) is 0 Å². The maximum atomic E-state index is 12.8. The third-order valence-corrected chi connectivity index (χ3v) is 4.50. The zero-order valence-corrected chi connectivity index (χ0v) is 14.0. The van der Waals surface area contributed by atoms with Gasteiger partial charge in [-0.1, -0.05) is 24.3 Å². The number of nitrogens with zero attached hydrogens (tertiary/aromatic N) is 2. The van der Waals surface area contributed by atoms with Crippen molar-refractivity contribution in [1.29, 1.82) is 0 Å². The molecule has 0 aliphatic heterocycles. The number of aromatic nitrogens is 2. The normalized spacial score (nSPS) is 13.8. The number of rotatable bonds is 4. The van der Waals surface area contributed by atoms with Crippen LogP contribution in [-0.2, 0) is 6.54 Å². The minimum Gasteiger partial charge on any atom is -0.349 e. The number of hydrogen-bond acceptors (Lipinski definition) is 3. The average molecular weight is 333 g/mol. The highest BCUT2D eigenvalue weighted by molar-refractivity contribution is 5.95. The van der Waals surface area contributed by atoms with Crippen LogP contribution >= 0.6 is 0 Å². The lowest BCUT2D eigenvalue weighted by molar-refractivity contribution is 0.0951. The number of para-hydroxylation sites is 2. The Balaban J connectivity index is 1.75. The molecule has 0 spiro atoms. The molecule has 126 valence electrons. The van der Waals surface area contributed by atoms with Gasteiger partial charge in [0, 0.05) is 23.7 Å². The van der Waals surface area contributed by atoms with Gasteiger partial charge < -0.3 is 9.88 Å². The van der Waals surface area contributed by atoms with Gasteiger partial charge in [-0.15, -0.1) is 0 Å². The van der Waals surface area contributed by atoms with Gasteiger partial charge in [-0.2, -0.15) is 0 Å². The molecule has 0 radical (unpaired) electrons. The fourth-order valence-electron chi connectivity index (χ4n) is 2.97. The maximum absolute atomic E-state index is 12.8. The van der Waals surface area contributed by atoms with Crippen LogP contribution in [0.5, 0.6) is 0 Å². The first-order valence-electron chi connectivity index (χ1n) is 8.58. The van der Waals surface area contributed by atoms with E-state index in [0.717, 1.165) is 29.4 Å². The number of hydrogen-bond donors (Lipinski definition) is 1. The largest absolute Gasteiger partial charge is 0.349 e. The van der Waals surface area contributed by atoms with Crippen LogP contribution in [0.3, 0.4) is 0 Å². The third kappa shape index (κ3) is 2.93. The SMILES string of the molecule is CCn1c(=O)c(-c2ccc(C(=O)NC3CC3)cc2)nc2ccccc21. The molecule has 25 heavy (non-hydrogen) atoms. The number of amides is 1. The summed E-state index contributed by atoms with van der Waals surface area (Å²) in [7, 11) is 0. The second kappa shape index (κ2) is 6.16. The molecule has 1 fully saturated rings. The molecule has 5 nitrogen and oxygen atoms in total. The fraction of sp³-hybridized carbons (Fsp3) is 0.250. The molecule has 0 bridgehead atoms. The van der Waals surface area contributed by atoms with Crippen molar-refractivity contribution >= 4 is 16.9 Å². The van der Waals surface area contributed by atoms with Gasteiger partial charge >= 0.3 is 0 Å². The second-order valence-corrected chi connectivity index (χ2v) is 6.32. The molecule has 1 N–H and O–H groups in total. The first-order chi connectivity index (χ1) is 12.2. The summed E-state index contributed by atoms with van der Waals surface area (Å²) < 4.78 is 1.73. The van der Waals surface area contributed by atoms with Crippen molar-refractivity contribution in [2.45, 2.75) is 32.4 Å². The van der Waals surface area contributed by atoms with Gasteiger partial charge in [0.2, 0.25) is 0 Å². The summed E-state index contributed by atoms with van der Waals surface area (Å²) in [6, 6.07) is 15.0. The Morgan fingerprint density at radius 2 is 1.88 bits per heavy atom. The molecule has 0 unspecified atom stereocenters. The quantitative estimate of drug-likeness (QED) is 0.798. The summed E-state index contributed by atoms with van der Waals surface area (Å²) in [6.45, 7) is 2.53. The lowest BCUT2D eigenvalue weighted by Gasteiger charge is -2.10. The molecule has 0 atom stereocenters. The zero-order chi connectivity index (χ0) is 17.4. The van der Waals surface area contributed by atoms with E-state index in [4.69, 9.17) is 0 Å². The molecule has 5 heteroatoms. The molecule has 1 aliphatic rings. The summed E-state index contributed by atoms with van der Waals surface area (Å²) in [6.07, 6.45) is 2.11. The predicted molar refractivity (Wildman–Crippen MR) is 97.6 cm³/mol. The molecule has 1 saturated carbocycles. The smallest absolute Gasteiger partial charge is 0.277 e. The van der Waals surface area contributed by atoms with E-state index in [1.54, 1.807) is 28.8 Å². The summed E-state index contributed by atoms with van der Waals surface area (Å²) in [5.74, 6) is -0.0634. The maximum Gasteiger partial charge on any atom is 0.277 e. The lowest BCUT2D eigenvalue weighted by atomic mass is 10.1. The van der Waals surface area contributed by atoms with E-state index in [2.05, 4.69) is 10.3 Å². The Morgan fingerprint density at radius 3 is 2.56 bits per heavy atom. The lowest BCUT2D eigenvalue weighted by Crippen LogP contribution is -2.25. The first kappa shape index (κ1) is 15.6. The Labute approximate surface area is 145 Å². The van der Waals surface area contributed by atoms with Crippen molar-refractivity contribution in [1.82, 2.24) is 14.9 Å². The number of carbonyl (C=O) groups is 1. The Hall–Kier alpha value is -2.95. The third-order valence-electron chi connectivity index (χ3n) is 4.50. The minimum atomic E-state index is -0.114. The number of fused-ring (bicyclic) bond motifs is 1. The van der Waals surface area contributed by atoms with Gasteiger partial charge in [0.1, 0.15) is 5.69 Å². The number of aryl methyl sites for hydroxylation is 1. The Morgan fingerprint density at radius 1 is 1.16 bits per heavy atom. The molecule has 1 aliphatic carbocycles. The number of carbonyl (C=O) groups excluding carboxylic acids is 1. The van der Waals surface area contributed by atoms with Gasteiger partial charge in [-0.25, -0.2) is 4.98 Å². The van der Waals surface area contributed by atoms with Crippen molar-refractivity contribution in [3.05, 3.63) is 64.4 Å². The standard InChI is InChI=1S/C20H19N3O2/c1-2-23-17-6-4-3-5-16(17)22-18(20(23)25)13-7-9-14(10-8-13)19(24)21-15-11-12-15/h3-10,15H,2,11-12H2,1H3,(H,21,24). The highest BCUT2D eigenvalue weighted by Crippen LogP contribution is 2.21. The van der Waals surface area contributed by atoms with E-state index in [1.807, 2.05) is 31.2 Å². The summed E-state index contributed by atoms with van der Waals surface area (Å²) in [5.41, 5.74) is 3.24. The van der Waals surface area contributed by atoms with E-state index >= 15 is 0 Å². The highest BCUT2D eigenvalue weighted by Gasteiger charge is 2.23. The molecule has 1 aromatic heterocycles. The van der Waals surface area contributed by atoms with Crippen LogP contribution in [0.2, 0.25) is 0 Å². The van der Waals surface area contributed by atoms with Gasteiger partial charge in [0.05, 0.1) is 11.0 Å². The van der Waals surface area contributed by atoms with Crippen molar-refractivity contribution in [2.24, 2.45) is 0 Å². The van der Waals surface area contributed by atoms with Crippen LogP contribution in [0.1, 0.15) is 30.1 Å². The first-order valence-corrected chi connectivity index (χ1v) is 8.58. The van der Waals surface area contributed by atoms with Gasteiger partial charge in [-0.3, -0.25) is 9.59 Å². The summed E-state index contributed by atoms with van der Waals surface area (Å²) in [4.78, 5) is 29.5. The van der Waals surface area contributed by atoms with Crippen LogP contribution in [0, 0.1) is 0 Å². The minimum absolute atomic E-state index is 0.0634. The number of nitrogens with one attached hydrogen (secondary N) is 1. The van der Waals surface area contributed by atoms with Crippen LogP contribution in [-0.4, -0.2) is 21.5 Å².